The second-order valence-corrected chi connectivity index (χ2v) is 3.89. The maximum Gasteiger partial charge on any atom is 0.311 e. The first kappa shape index (κ1) is 14.0. The van der Waals surface area contributed by atoms with Crippen LogP contribution < -0.4 is 5.32 Å². The number of hydrogen-bond donors (Lipinski definition) is 2. The van der Waals surface area contributed by atoms with E-state index in [0.717, 1.165) is 25.3 Å². The van der Waals surface area contributed by atoms with Gasteiger partial charge in [0.25, 0.3) is 5.91 Å². The van der Waals surface area contributed by atoms with Gasteiger partial charge in [-0.2, -0.15) is 0 Å². The third kappa shape index (κ3) is 3.44. The van der Waals surface area contributed by atoms with Crippen molar-refractivity contribution in [2.45, 2.75) is 26.2 Å². The molecule has 6 heteroatoms. The Hall–Kier alpha value is -2.11. The van der Waals surface area contributed by atoms with Crippen LogP contribution in [0.25, 0.3) is 0 Å². The monoisotopic (exact) mass is 252 g/mol. The Labute approximate surface area is 105 Å². The van der Waals surface area contributed by atoms with Gasteiger partial charge in [-0.1, -0.05) is 25.8 Å². The molecule has 0 aliphatic rings. The van der Waals surface area contributed by atoms with Gasteiger partial charge in [-0.25, -0.2) is 0 Å². The van der Waals surface area contributed by atoms with Crippen molar-refractivity contribution in [1.82, 2.24) is 5.32 Å². The van der Waals surface area contributed by atoms with E-state index in [2.05, 4.69) is 5.32 Å². The Morgan fingerprint density at radius 1 is 1.44 bits per heavy atom. The van der Waals surface area contributed by atoms with Gasteiger partial charge in [-0.3, -0.25) is 14.9 Å². The molecular formula is C12H16N2O4. The van der Waals surface area contributed by atoms with E-state index in [9.17, 15) is 20.0 Å². The lowest BCUT2D eigenvalue weighted by atomic mass is 10.1. The normalized spacial score (nSPS) is 10.1. The Balaban J connectivity index is 2.74. The predicted octanol–water partition coefficient (Wildman–Crippen LogP) is 2.22. The number of hydrogen-bond acceptors (Lipinski definition) is 4. The van der Waals surface area contributed by atoms with Crippen molar-refractivity contribution < 1.29 is 14.8 Å². The third-order valence-corrected chi connectivity index (χ3v) is 2.52. The molecule has 98 valence electrons. The third-order valence-electron chi connectivity index (χ3n) is 2.52. The molecule has 18 heavy (non-hydrogen) atoms. The second kappa shape index (κ2) is 6.58. The van der Waals surface area contributed by atoms with Gasteiger partial charge < -0.3 is 10.4 Å². The number of phenols is 1. The highest BCUT2D eigenvalue weighted by atomic mass is 16.6. The van der Waals surface area contributed by atoms with Crippen LogP contribution >= 0.6 is 0 Å². The number of benzene rings is 1. The lowest BCUT2D eigenvalue weighted by Gasteiger charge is -2.06. The minimum absolute atomic E-state index is 0.0688. The van der Waals surface area contributed by atoms with E-state index in [1.807, 2.05) is 6.92 Å². The van der Waals surface area contributed by atoms with E-state index in [1.165, 1.54) is 12.1 Å². The number of rotatable bonds is 6. The zero-order valence-electron chi connectivity index (χ0n) is 10.2. The molecule has 0 aromatic heterocycles. The Kier molecular flexibility index (Phi) is 5.10. The molecule has 0 unspecified atom stereocenters. The van der Waals surface area contributed by atoms with Crippen LogP contribution in [-0.4, -0.2) is 22.5 Å². The van der Waals surface area contributed by atoms with Crippen molar-refractivity contribution in [2.24, 2.45) is 0 Å². The van der Waals surface area contributed by atoms with Gasteiger partial charge in [0, 0.05) is 12.6 Å². The highest BCUT2D eigenvalue weighted by molar-refractivity contribution is 5.98. The van der Waals surface area contributed by atoms with Gasteiger partial charge in [-0.05, 0) is 12.5 Å². The molecule has 0 fully saturated rings. The number of nitro groups is 1. The molecule has 2 N–H and O–H groups in total. The molecule has 1 rings (SSSR count). The summed E-state index contributed by atoms with van der Waals surface area (Å²) in [5, 5.41) is 22.9. The Bertz CT molecular complexity index is 446. The van der Waals surface area contributed by atoms with Crippen LogP contribution in [0.4, 0.5) is 5.69 Å². The van der Waals surface area contributed by atoms with E-state index in [-0.39, 0.29) is 5.56 Å². The maximum absolute atomic E-state index is 11.7. The van der Waals surface area contributed by atoms with Gasteiger partial charge in [-0.15, -0.1) is 0 Å². The lowest BCUT2D eigenvalue weighted by Crippen LogP contribution is -2.24. The molecule has 1 amide bonds. The molecular weight excluding hydrogens is 236 g/mol. The summed E-state index contributed by atoms with van der Waals surface area (Å²) >= 11 is 0. The Morgan fingerprint density at radius 3 is 2.78 bits per heavy atom. The number of nitrogens with one attached hydrogen (secondary N) is 1. The number of aromatic hydroxyl groups is 1. The van der Waals surface area contributed by atoms with Crippen molar-refractivity contribution >= 4 is 11.6 Å². The molecule has 6 nitrogen and oxygen atoms in total. The average Bonchev–Trinajstić information content (AvgIpc) is 2.34. The number of phenolic OH excluding ortho intramolecular Hbond substituents is 1. The Morgan fingerprint density at radius 2 is 2.17 bits per heavy atom. The number of para-hydroxylation sites is 1. The van der Waals surface area contributed by atoms with Crippen LogP contribution in [0.15, 0.2) is 18.2 Å². The fourth-order valence-electron chi connectivity index (χ4n) is 1.53. The first-order valence-electron chi connectivity index (χ1n) is 5.82. The van der Waals surface area contributed by atoms with Crippen molar-refractivity contribution in [2.75, 3.05) is 6.54 Å². The minimum atomic E-state index is -0.719. The first-order chi connectivity index (χ1) is 8.57. The van der Waals surface area contributed by atoms with Crippen LogP contribution in [-0.2, 0) is 0 Å². The smallest absolute Gasteiger partial charge is 0.311 e. The van der Waals surface area contributed by atoms with Crippen molar-refractivity contribution in [3.8, 4) is 5.75 Å². The molecule has 0 spiro atoms. The fraction of sp³-hybridized carbons (Fsp3) is 0.417. The highest BCUT2D eigenvalue weighted by Crippen LogP contribution is 2.28. The number of carbonyl (C=O) groups excluding carboxylic acids is 1. The van der Waals surface area contributed by atoms with Gasteiger partial charge in [0.2, 0.25) is 5.75 Å². The molecule has 0 aliphatic carbocycles. The van der Waals surface area contributed by atoms with Crippen LogP contribution in [0, 0.1) is 10.1 Å². The quantitative estimate of drug-likeness (QED) is 0.461. The molecule has 0 heterocycles. The molecule has 0 radical (unpaired) electrons. The maximum atomic E-state index is 11.7. The predicted molar refractivity (Wildman–Crippen MR) is 66.6 cm³/mol. The largest absolute Gasteiger partial charge is 0.502 e. The SMILES string of the molecule is CCCCCNC(=O)c1cccc([N+](=O)[O-])c1O. The van der Waals surface area contributed by atoms with Gasteiger partial charge in [0.15, 0.2) is 0 Å². The molecule has 1 aromatic carbocycles. The number of unbranched alkanes of at least 4 members (excludes halogenated alkanes) is 2. The van der Waals surface area contributed by atoms with Crippen LogP contribution in [0.2, 0.25) is 0 Å². The lowest BCUT2D eigenvalue weighted by molar-refractivity contribution is -0.385. The van der Waals surface area contributed by atoms with Gasteiger partial charge in [0.05, 0.1) is 10.5 Å². The summed E-state index contributed by atoms with van der Waals surface area (Å²) in [6.45, 7) is 2.54. The molecule has 0 atom stereocenters. The van der Waals surface area contributed by atoms with E-state index in [0.29, 0.717) is 6.54 Å². The van der Waals surface area contributed by atoms with Crippen LogP contribution in [0.5, 0.6) is 5.75 Å². The highest BCUT2D eigenvalue weighted by Gasteiger charge is 2.20. The van der Waals surface area contributed by atoms with E-state index >= 15 is 0 Å². The summed E-state index contributed by atoms with van der Waals surface area (Å²) in [5.74, 6) is -1.08. The average molecular weight is 252 g/mol. The summed E-state index contributed by atoms with van der Waals surface area (Å²) in [7, 11) is 0. The zero-order valence-corrected chi connectivity index (χ0v) is 10.2. The fourth-order valence-corrected chi connectivity index (χ4v) is 1.53. The van der Waals surface area contributed by atoms with E-state index < -0.39 is 22.3 Å². The summed E-state index contributed by atoms with van der Waals surface area (Å²) in [4.78, 5) is 21.6. The van der Waals surface area contributed by atoms with Gasteiger partial charge in [0.1, 0.15) is 0 Å². The summed E-state index contributed by atoms with van der Waals surface area (Å²) < 4.78 is 0. The van der Waals surface area contributed by atoms with Crippen molar-refractivity contribution in [1.29, 1.82) is 0 Å². The summed E-state index contributed by atoms with van der Waals surface area (Å²) in [6, 6.07) is 3.89. The molecule has 0 aliphatic heterocycles. The first-order valence-corrected chi connectivity index (χ1v) is 5.82. The number of amides is 1. The minimum Gasteiger partial charge on any atom is -0.502 e. The number of carbonyl (C=O) groups is 1. The summed E-state index contributed by atoms with van der Waals surface area (Å²) in [6.07, 6.45) is 2.89. The number of nitro benzene ring substituents is 1. The molecule has 0 saturated heterocycles. The second-order valence-electron chi connectivity index (χ2n) is 3.89. The molecule has 1 aromatic rings. The van der Waals surface area contributed by atoms with E-state index in [1.54, 1.807) is 0 Å². The standard InChI is InChI=1S/C12H16N2O4/c1-2-3-4-8-13-12(16)9-6-5-7-10(11(9)15)14(17)18/h5-7,15H,2-4,8H2,1H3,(H,13,16). The van der Waals surface area contributed by atoms with Gasteiger partial charge >= 0.3 is 5.69 Å². The topological polar surface area (TPSA) is 92.5 Å². The van der Waals surface area contributed by atoms with E-state index in [4.69, 9.17) is 0 Å². The number of nitrogens with zero attached hydrogens (tertiary/aromatic N) is 1. The summed E-state index contributed by atoms with van der Waals surface area (Å²) in [5.41, 5.74) is -0.531. The molecule has 0 bridgehead atoms. The van der Waals surface area contributed by atoms with Crippen LogP contribution in [0.1, 0.15) is 36.5 Å². The van der Waals surface area contributed by atoms with Crippen molar-refractivity contribution in [3.05, 3.63) is 33.9 Å². The van der Waals surface area contributed by atoms with Crippen LogP contribution in [0.3, 0.4) is 0 Å². The van der Waals surface area contributed by atoms with Crippen molar-refractivity contribution in [3.63, 3.8) is 0 Å². The zero-order chi connectivity index (χ0) is 13.5. The molecule has 0 saturated carbocycles.